The number of hydrogen-bond donors (Lipinski definition) is 4. The predicted octanol–water partition coefficient (Wildman–Crippen LogP) is 14.2. The third-order valence-electron chi connectivity index (χ3n) is 12.6. The number of carbonyl (C=O) groups is 2. The molecule has 2 aromatic carbocycles. The zero-order valence-corrected chi connectivity index (χ0v) is 37.8. The molecule has 2 atom stereocenters. The van der Waals surface area contributed by atoms with E-state index in [1.54, 1.807) is 0 Å². The molecule has 3 rings (SSSR count). The van der Waals surface area contributed by atoms with Crippen molar-refractivity contribution < 1.29 is 19.8 Å². The summed E-state index contributed by atoms with van der Waals surface area (Å²) in [5.74, 6) is -0.302. The number of carbonyl (C=O) groups excluding carboxylic acids is 2. The maximum absolute atomic E-state index is 14.1. The van der Waals surface area contributed by atoms with Crippen LogP contribution in [-0.4, -0.2) is 34.1 Å². The number of hydrogen-bond acceptors (Lipinski definition) is 4. The quantitative estimate of drug-likeness (QED) is 0.0554. The summed E-state index contributed by atoms with van der Waals surface area (Å²) in [6.45, 7) is 8.95. The van der Waals surface area contributed by atoms with E-state index >= 15 is 0 Å². The Morgan fingerprint density at radius 3 is 1.07 bits per heavy atom. The van der Waals surface area contributed by atoms with Gasteiger partial charge in [0.25, 0.3) is 11.8 Å². The Balaban J connectivity index is 1.76. The fourth-order valence-electron chi connectivity index (χ4n) is 8.92. The second kappa shape index (κ2) is 30.1. The molecule has 1 saturated carbocycles. The average molecular weight is 803 g/mol. The van der Waals surface area contributed by atoms with Gasteiger partial charge in [0.05, 0.1) is 11.1 Å². The summed E-state index contributed by atoms with van der Waals surface area (Å²) < 4.78 is 0. The summed E-state index contributed by atoms with van der Waals surface area (Å²) in [6, 6.07) is 7.59. The van der Waals surface area contributed by atoms with Crippen molar-refractivity contribution >= 4 is 11.8 Å². The first-order valence-corrected chi connectivity index (χ1v) is 24.6. The fourth-order valence-corrected chi connectivity index (χ4v) is 8.92. The van der Waals surface area contributed by atoms with Crippen molar-refractivity contribution in [3.8, 4) is 11.5 Å². The molecule has 328 valence electrons. The Bertz CT molecular complexity index is 1330. The van der Waals surface area contributed by atoms with E-state index in [1.807, 2.05) is 12.1 Å². The third kappa shape index (κ3) is 18.5. The van der Waals surface area contributed by atoms with E-state index in [1.165, 1.54) is 116 Å². The van der Waals surface area contributed by atoms with Gasteiger partial charge in [-0.25, -0.2) is 0 Å². The summed E-state index contributed by atoms with van der Waals surface area (Å²) in [6.07, 6.45) is 35.5. The fraction of sp³-hybridized carbons (Fsp3) is 0.731. The molecular formula is C52H86N2O4. The van der Waals surface area contributed by atoms with Crippen LogP contribution < -0.4 is 10.6 Å². The van der Waals surface area contributed by atoms with E-state index in [0.717, 1.165) is 112 Å². The molecule has 0 heterocycles. The topological polar surface area (TPSA) is 98.7 Å². The highest BCUT2D eigenvalue weighted by Crippen LogP contribution is 2.31. The Labute approximate surface area is 355 Å². The molecular weight excluding hydrogens is 717 g/mol. The molecule has 0 aliphatic heterocycles. The number of aromatic hydroxyl groups is 2. The van der Waals surface area contributed by atoms with Crippen molar-refractivity contribution in [2.75, 3.05) is 0 Å². The number of phenolic OH excluding ortho intramolecular Hbond substituents is 2. The van der Waals surface area contributed by atoms with Crippen molar-refractivity contribution in [3.63, 3.8) is 0 Å². The number of aryl methyl sites for hydroxylation is 4. The second-order valence-electron chi connectivity index (χ2n) is 17.8. The van der Waals surface area contributed by atoms with Gasteiger partial charge in [-0.1, -0.05) is 181 Å². The monoisotopic (exact) mass is 803 g/mol. The van der Waals surface area contributed by atoms with Crippen LogP contribution in [0.15, 0.2) is 24.3 Å². The first-order chi connectivity index (χ1) is 28.3. The van der Waals surface area contributed by atoms with Crippen LogP contribution in [0.1, 0.15) is 250 Å². The van der Waals surface area contributed by atoms with Gasteiger partial charge in [-0.15, -0.1) is 0 Å². The number of phenols is 2. The van der Waals surface area contributed by atoms with E-state index in [-0.39, 0.29) is 35.4 Å². The van der Waals surface area contributed by atoms with Crippen LogP contribution in [0.3, 0.4) is 0 Å². The molecule has 0 aromatic heterocycles. The highest BCUT2D eigenvalue weighted by molar-refractivity contribution is 5.99. The lowest BCUT2D eigenvalue weighted by Gasteiger charge is -2.33. The van der Waals surface area contributed by atoms with Crippen molar-refractivity contribution in [1.29, 1.82) is 0 Å². The summed E-state index contributed by atoms with van der Waals surface area (Å²) in [5.41, 5.74) is 4.73. The SMILES string of the molecule is CCCCCCCCc1cc(CCCCCCCC)c(O)c(C(=O)NC2CCCCC2NC(=O)c2cc(CCCCCCCC)cc(CCCCCCCC)c2O)c1. The summed E-state index contributed by atoms with van der Waals surface area (Å²) in [7, 11) is 0. The van der Waals surface area contributed by atoms with E-state index in [0.29, 0.717) is 11.1 Å². The van der Waals surface area contributed by atoms with E-state index in [9.17, 15) is 19.8 Å². The van der Waals surface area contributed by atoms with Crippen LogP contribution in [0.4, 0.5) is 0 Å². The molecule has 0 spiro atoms. The number of rotatable bonds is 32. The molecule has 0 bridgehead atoms. The third-order valence-corrected chi connectivity index (χ3v) is 12.6. The Morgan fingerprint density at radius 2 is 0.741 bits per heavy atom. The van der Waals surface area contributed by atoms with Crippen LogP contribution in [0.2, 0.25) is 0 Å². The van der Waals surface area contributed by atoms with Gasteiger partial charge in [0.15, 0.2) is 0 Å². The van der Waals surface area contributed by atoms with Crippen LogP contribution in [0.5, 0.6) is 11.5 Å². The molecule has 1 fully saturated rings. The minimum atomic E-state index is -0.261. The number of unbranched alkanes of at least 4 members (excludes halogenated alkanes) is 20. The van der Waals surface area contributed by atoms with Gasteiger partial charge in [0, 0.05) is 12.1 Å². The molecule has 1 aliphatic carbocycles. The molecule has 2 unspecified atom stereocenters. The normalized spacial score (nSPS) is 15.4. The van der Waals surface area contributed by atoms with Gasteiger partial charge in [0.2, 0.25) is 0 Å². The lowest BCUT2D eigenvalue weighted by molar-refractivity contribution is 0.0859. The molecule has 6 nitrogen and oxygen atoms in total. The standard InChI is InChI=1S/C52H86N2O4/c1-5-9-13-17-21-25-31-41-37-43(33-27-23-19-15-11-7-3)49(55)45(39-41)51(57)53-47-35-29-30-36-48(47)54-52(58)46-40-42(32-26-22-18-14-10-6-2)38-44(50(46)56)34-28-24-20-16-12-8-4/h37-40,47-48,55-56H,5-36H2,1-4H3,(H,53,57)(H,54,58). The van der Waals surface area contributed by atoms with E-state index in [4.69, 9.17) is 0 Å². The first-order valence-electron chi connectivity index (χ1n) is 24.6. The maximum Gasteiger partial charge on any atom is 0.255 e. The second-order valence-corrected chi connectivity index (χ2v) is 17.8. The highest BCUT2D eigenvalue weighted by atomic mass is 16.3. The van der Waals surface area contributed by atoms with Crippen molar-refractivity contribution in [2.24, 2.45) is 0 Å². The number of nitrogens with one attached hydrogen (secondary N) is 2. The van der Waals surface area contributed by atoms with E-state index in [2.05, 4.69) is 50.5 Å². The summed E-state index contributed by atoms with van der Waals surface area (Å²) >= 11 is 0. The number of benzene rings is 2. The highest BCUT2D eigenvalue weighted by Gasteiger charge is 2.30. The van der Waals surface area contributed by atoms with Crippen LogP contribution in [0.25, 0.3) is 0 Å². The zero-order chi connectivity index (χ0) is 41.8. The van der Waals surface area contributed by atoms with Crippen molar-refractivity contribution in [2.45, 2.75) is 245 Å². The van der Waals surface area contributed by atoms with Crippen molar-refractivity contribution in [3.05, 3.63) is 57.6 Å². The van der Waals surface area contributed by atoms with Gasteiger partial charge in [-0.2, -0.15) is 0 Å². The van der Waals surface area contributed by atoms with Crippen LogP contribution in [0, 0.1) is 0 Å². The molecule has 0 radical (unpaired) electrons. The molecule has 1 aliphatic rings. The maximum atomic E-state index is 14.1. The predicted molar refractivity (Wildman–Crippen MR) is 246 cm³/mol. The Morgan fingerprint density at radius 1 is 0.448 bits per heavy atom. The van der Waals surface area contributed by atoms with Gasteiger partial charge in [-0.3, -0.25) is 9.59 Å². The first kappa shape index (κ1) is 49.3. The molecule has 58 heavy (non-hydrogen) atoms. The largest absolute Gasteiger partial charge is 0.507 e. The molecule has 6 heteroatoms. The van der Waals surface area contributed by atoms with Crippen LogP contribution >= 0.6 is 0 Å². The van der Waals surface area contributed by atoms with Crippen molar-refractivity contribution in [1.82, 2.24) is 10.6 Å². The Hall–Kier alpha value is -3.02. The summed E-state index contributed by atoms with van der Waals surface area (Å²) in [5, 5.41) is 29.6. The summed E-state index contributed by atoms with van der Waals surface area (Å²) in [4.78, 5) is 28.2. The molecule has 2 aromatic rings. The number of amides is 2. The van der Waals surface area contributed by atoms with Gasteiger partial charge >= 0.3 is 0 Å². The smallest absolute Gasteiger partial charge is 0.255 e. The van der Waals surface area contributed by atoms with E-state index < -0.39 is 0 Å². The van der Waals surface area contributed by atoms with Crippen LogP contribution in [-0.2, 0) is 25.7 Å². The minimum absolute atomic E-state index is 0.110. The van der Waals surface area contributed by atoms with Gasteiger partial charge in [-0.05, 0) is 98.6 Å². The minimum Gasteiger partial charge on any atom is -0.507 e. The zero-order valence-electron chi connectivity index (χ0n) is 37.8. The molecule has 0 saturated heterocycles. The molecule has 4 N–H and O–H groups in total. The molecule has 2 amide bonds. The lowest BCUT2D eigenvalue weighted by Crippen LogP contribution is -2.53. The average Bonchev–Trinajstić information content (AvgIpc) is 3.22. The Kier molecular flexibility index (Phi) is 25.6. The van der Waals surface area contributed by atoms with Gasteiger partial charge in [0.1, 0.15) is 11.5 Å². The lowest BCUT2D eigenvalue weighted by atomic mass is 9.89. The van der Waals surface area contributed by atoms with Gasteiger partial charge < -0.3 is 20.8 Å².